The lowest BCUT2D eigenvalue weighted by Gasteiger charge is -2.44. The van der Waals surface area contributed by atoms with Gasteiger partial charge in [0.05, 0.1) is 13.1 Å². The summed E-state index contributed by atoms with van der Waals surface area (Å²) in [6.07, 6.45) is -1.14. The number of aliphatic hydroxyl groups is 1. The molecule has 1 aliphatic rings. The first-order valence-corrected chi connectivity index (χ1v) is 5.04. The number of hydrogen-bond donors (Lipinski definition) is 2. The normalized spacial score (nSPS) is 17.7. The first kappa shape index (κ1) is 11.8. The zero-order valence-electron chi connectivity index (χ0n) is 8.86. The van der Waals surface area contributed by atoms with Gasteiger partial charge in [0.15, 0.2) is 0 Å². The molecule has 4 nitrogen and oxygen atoms in total. The summed E-state index contributed by atoms with van der Waals surface area (Å²) >= 11 is 0. The minimum atomic E-state index is -1.25. The van der Waals surface area contributed by atoms with Gasteiger partial charge in [-0.1, -0.05) is 6.07 Å². The number of halogens is 2. The van der Waals surface area contributed by atoms with Gasteiger partial charge in [-0.05, 0) is 11.6 Å². The Hall–Kier alpha value is -1.69. The van der Waals surface area contributed by atoms with Crippen LogP contribution in [0, 0.1) is 11.6 Å². The summed E-state index contributed by atoms with van der Waals surface area (Å²) in [4.78, 5) is 11.6. The van der Waals surface area contributed by atoms with Crippen molar-refractivity contribution in [3.63, 3.8) is 0 Å². The minimum Gasteiger partial charge on any atom is -0.465 e. The van der Waals surface area contributed by atoms with E-state index in [9.17, 15) is 18.7 Å². The third kappa shape index (κ3) is 2.36. The lowest BCUT2D eigenvalue weighted by molar-refractivity contribution is -0.0836. The van der Waals surface area contributed by atoms with E-state index in [1.54, 1.807) is 0 Å². The summed E-state index contributed by atoms with van der Waals surface area (Å²) in [5, 5.41) is 18.5. The quantitative estimate of drug-likeness (QED) is 0.821. The van der Waals surface area contributed by atoms with Gasteiger partial charge in [-0.15, -0.1) is 0 Å². The molecule has 1 amide bonds. The van der Waals surface area contributed by atoms with Crippen molar-refractivity contribution in [2.45, 2.75) is 12.0 Å². The molecule has 1 fully saturated rings. The number of β-amino-alcohol motifs (C(OH)–C–C–N with tert-alkyl or cyclic N) is 1. The lowest BCUT2D eigenvalue weighted by Crippen LogP contribution is -2.64. The van der Waals surface area contributed by atoms with E-state index in [2.05, 4.69) is 0 Å². The van der Waals surface area contributed by atoms with Crippen molar-refractivity contribution in [1.82, 2.24) is 4.90 Å². The van der Waals surface area contributed by atoms with Crippen LogP contribution >= 0.6 is 0 Å². The zero-order valence-corrected chi connectivity index (χ0v) is 8.86. The van der Waals surface area contributed by atoms with E-state index in [0.717, 1.165) is 17.0 Å². The molecule has 1 heterocycles. The summed E-state index contributed by atoms with van der Waals surface area (Å²) in [5.74, 6) is -1.41. The fourth-order valence-electron chi connectivity index (χ4n) is 1.93. The van der Waals surface area contributed by atoms with Crippen LogP contribution in [-0.2, 0) is 6.42 Å². The van der Waals surface area contributed by atoms with Gasteiger partial charge in [0.1, 0.15) is 17.2 Å². The number of hydrogen-bond acceptors (Lipinski definition) is 2. The summed E-state index contributed by atoms with van der Waals surface area (Å²) < 4.78 is 26.0. The van der Waals surface area contributed by atoms with Crippen molar-refractivity contribution in [2.24, 2.45) is 0 Å². The molecule has 0 aliphatic carbocycles. The Morgan fingerprint density at radius 2 is 2.06 bits per heavy atom. The number of carbonyl (C=O) groups is 1. The van der Waals surface area contributed by atoms with E-state index < -0.39 is 23.3 Å². The Labute approximate surface area is 96.1 Å². The molecule has 6 heteroatoms. The van der Waals surface area contributed by atoms with Crippen LogP contribution in [0.1, 0.15) is 5.56 Å². The molecule has 1 aromatic carbocycles. The van der Waals surface area contributed by atoms with Crippen LogP contribution in [0.2, 0.25) is 0 Å². The van der Waals surface area contributed by atoms with Gasteiger partial charge >= 0.3 is 6.09 Å². The number of benzene rings is 1. The molecule has 0 spiro atoms. The first-order valence-electron chi connectivity index (χ1n) is 5.04. The van der Waals surface area contributed by atoms with Gasteiger partial charge in [-0.2, -0.15) is 0 Å². The SMILES string of the molecule is O=C(O)N1CC(O)(Cc2ccc(F)cc2F)C1. The van der Waals surface area contributed by atoms with Gasteiger partial charge < -0.3 is 15.1 Å². The van der Waals surface area contributed by atoms with E-state index in [1.807, 2.05) is 0 Å². The Balaban J connectivity index is 2.05. The van der Waals surface area contributed by atoms with Crippen molar-refractivity contribution in [3.05, 3.63) is 35.4 Å². The third-order valence-electron chi connectivity index (χ3n) is 2.78. The molecule has 2 N–H and O–H groups in total. The van der Waals surface area contributed by atoms with Crippen LogP contribution < -0.4 is 0 Å². The molecule has 1 saturated heterocycles. The Bertz CT molecular complexity index is 458. The van der Waals surface area contributed by atoms with Crippen molar-refractivity contribution >= 4 is 6.09 Å². The van der Waals surface area contributed by atoms with Gasteiger partial charge in [-0.25, -0.2) is 13.6 Å². The van der Waals surface area contributed by atoms with E-state index in [-0.39, 0.29) is 25.1 Å². The molecule has 0 aromatic heterocycles. The largest absolute Gasteiger partial charge is 0.465 e. The number of nitrogens with zero attached hydrogens (tertiary/aromatic N) is 1. The highest BCUT2D eigenvalue weighted by Gasteiger charge is 2.44. The number of rotatable bonds is 2. The summed E-state index contributed by atoms with van der Waals surface area (Å²) in [7, 11) is 0. The second-order valence-corrected chi connectivity index (χ2v) is 4.28. The third-order valence-corrected chi connectivity index (χ3v) is 2.78. The monoisotopic (exact) mass is 243 g/mol. The van der Waals surface area contributed by atoms with E-state index in [0.29, 0.717) is 0 Å². The predicted molar refractivity (Wildman–Crippen MR) is 54.6 cm³/mol. The van der Waals surface area contributed by atoms with Crippen LogP contribution in [0.3, 0.4) is 0 Å². The number of carboxylic acid groups (broad SMARTS) is 1. The second kappa shape index (κ2) is 3.96. The molecule has 1 aliphatic heterocycles. The molecule has 17 heavy (non-hydrogen) atoms. The van der Waals surface area contributed by atoms with Gasteiger partial charge in [0.2, 0.25) is 0 Å². The maximum absolute atomic E-state index is 13.3. The lowest BCUT2D eigenvalue weighted by atomic mass is 9.87. The van der Waals surface area contributed by atoms with Crippen molar-refractivity contribution < 1.29 is 23.8 Å². The first-order chi connectivity index (χ1) is 7.89. The van der Waals surface area contributed by atoms with Gasteiger partial charge in [0.25, 0.3) is 0 Å². The molecule has 0 atom stereocenters. The van der Waals surface area contributed by atoms with E-state index in [1.165, 1.54) is 6.07 Å². The molecule has 0 unspecified atom stereocenters. The zero-order chi connectivity index (χ0) is 12.6. The molecular weight excluding hydrogens is 232 g/mol. The van der Waals surface area contributed by atoms with Crippen molar-refractivity contribution in [3.8, 4) is 0 Å². The molecule has 0 radical (unpaired) electrons. The number of likely N-dealkylation sites (tertiary alicyclic amines) is 1. The van der Waals surface area contributed by atoms with E-state index in [4.69, 9.17) is 5.11 Å². The Morgan fingerprint density at radius 3 is 2.59 bits per heavy atom. The highest BCUT2D eigenvalue weighted by Crippen LogP contribution is 2.26. The highest BCUT2D eigenvalue weighted by molar-refractivity contribution is 5.66. The smallest absolute Gasteiger partial charge is 0.407 e. The minimum absolute atomic E-state index is 0.0249. The molecular formula is C11H11F2NO3. The van der Waals surface area contributed by atoms with Gasteiger partial charge in [-0.3, -0.25) is 0 Å². The van der Waals surface area contributed by atoms with Crippen LogP contribution in [-0.4, -0.2) is 39.9 Å². The van der Waals surface area contributed by atoms with Crippen LogP contribution in [0.4, 0.5) is 13.6 Å². The molecule has 2 rings (SSSR count). The average Bonchev–Trinajstić information content (AvgIpc) is 2.18. The Kier molecular flexibility index (Phi) is 2.74. The maximum Gasteiger partial charge on any atom is 0.407 e. The topological polar surface area (TPSA) is 60.8 Å². The van der Waals surface area contributed by atoms with Crippen LogP contribution in [0.5, 0.6) is 0 Å². The highest BCUT2D eigenvalue weighted by atomic mass is 19.1. The second-order valence-electron chi connectivity index (χ2n) is 4.28. The standard InChI is InChI=1S/C11H11F2NO3/c12-8-2-1-7(9(13)3-8)4-11(17)5-14(6-11)10(15)16/h1-3,17H,4-6H2,(H,15,16). The molecule has 0 bridgehead atoms. The van der Waals surface area contributed by atoms with Crippen molar-refractivity contribution in [2.75, 3.05) is 13.1 Å². The van der Waals surface area contributed by atoms with Crippen LogP contribution in [0.15, 0.2) is 18.2 Å². The summed E-state index contributed by atoms with van der Waals surface area (Å²) in [6.45, 7) is -0.113. The molecule has 92 valence electrons. The van der Waals surface area contributed by atoms with Crippen molar-refractivity contribution in [1.29, 1.82) is 0 Å². The molecule has 1 aromatic rings. The fraction of sp³-hybridized carbons (Fsp3) is 0.364. The maximum atomic E-state index is 13.3. The fourth-order valence-corrected chi connectivity index (χ4v) is 1.93. The average molecular weight is 243 g/mol. The predicted octanol–water partition coefficient (Wildman–Crippen LogP) is 1.23. The van der Waals surface area contributed by atoms with Gasteiger partial charge in [0, 0.05) is 12.5 Å². The number of amides is 1. The van der Waals surface area contributed by atoms with Crippen LogP contribution in [0.25, 0.3) is 0 Å². The summed E-state index contributed by atoms with van der Waals surface area (Å²) in [5.41, 5.74) is -1.07. The Morgan fingerprint density at radius 1 is 1.41 bits per heavy atom. The molecule has 0 saturated carbocycles. The summed E-state index contributed by atoms with van der Waals surface area (Å²) in [6, 6.07) is 3.10. The van der Waals surface area contributed by atoms with E-state index >= 15 is 0 Å².